The highest BCUT2D eigenvalue weighted by Gasteiger charge is 2.08. The van der Waals surface area contributed by atoms with Crippen LogP contribution in [0, 0.1) is 6.92 Å². The molecule has 2 rings (SSSR count). The van der Waals surface area contributed by atoms with Crippen LogP contribution in [-0.2, 0) is 0 Å². The normalized spacial score (nSPS) is 10.4. The summed E-state index contributed by atoms with van der Waals surface area (Å²) in [6.07, 6.45) is 4.44. The Balaban J connectivity index is 2.39. The molecule has 0 spiro atoms. The van der Waals surface area contributed by atoms with Crippen molar-refractivity contribution in [1.82, 2.24) is 9.97 Å². The van der Waals surface area contributed by atoms with Gasteiger partial charge in [0.15, 0.2) is 0 Å². The zero-order chi connectivity index (χ0) is 13.0. The molecule has 0 atom stereocenters. The van der Waals surface area contributed by atoms with E-state index in [9.17, 15) is 0 Å². The van der Waals surface area contributed by atoms with Crippen LogP contribution in [0.25, 0.3) is 11.3 Å². The highest BCUT2D eigenvalue weighted by Crippen LogP contribution is 2.31. The third kappa shape index (κ3) is 2.99. The molecule has 0 N–H and O–H groups in total. The minimum Gasteiger partial charge on any atom is -0.493 e. The lowest BCUT2D eigenvalue weighted by Crippen LogP contribution is -1.98. The molecule has 18 heavy (non-hydrogen) atoms. The summed E-state index contributed by atoms with van der Waals surface area (Å²) in [5, 5.41) is 0.657. The van der Waals surface area contributed by atoms with Crippen LogP contribution in [0.3, 0.4) is 0 Å². The quantitative estimate of drug-likeness (QED) is 0.838. The predicted molar refractivity (Wildman–Crippen MR) is 73.0 cm³/mol. The van der Waals surface area contributed by atoms with Crippen LogP contribution in [0.5, 0.6) is 5.75 Å². The predicted octanol–water partition coefficient (Wildman–Crippen LogP) is 3.89. The number of hydrogen-bond donors (Lipinski definition) is 0. The molecule has 1 aromatic heterocycles. The highest BCUT2D eigenvalue weighted by atomic mass is 35.5. The number of halogens is 1. The molecule has 94 valence electrons. The van der Waals surface area contributed by atoms with Crippen molar-refractivity contribution in [3.8, 4) is 17.0 Å². The first-order chi connectivity index (χ1) is 8.70. The molecule has 1 aromatic carbocycles. The SMILES string of the molecule is CCCOc1cc(Cl)ccc1-c1cnc(C)cn1. The Labute approximate surface area is 112 Å². The first kappa shape index (κ1) is 12.8. The number of aromatic nitrogens is 2. The van der Waals surface area contributed by atoms with Gasteiger partial charge in [0.05, 0.1) is 24.2 Å². The van der Waals surface area contributed by atoms with E-state index in [0.717, 1.165) is 29.1 Å². The zero-order valence-electron chi connectivity index (χ0n) is 10.5. The van der Waals surface area contributed by atoms with Gasteiger partial charge in [-0.05, 0) is 31.5 Å². The smallest absolute Gasteiger partial charge is 0.130 e. The Morgan fingerprint density at radius 1 is 1.22 bits per heavy atom. The summed E-state index contributed by atoms with van der Waals surface area (Å²) < 4.78 is 5.70. The van der Waals surface area contributed by atoms with Crippen molar-refractivity contribution in [3.05, 3.63) is 41.3 Å². The minimum atomic E-state index is 0.657. The van der Waals surface area contributed by atoms with Crippen molar-refractivity contribution >= 4 is 11.6 Å². The van der Waals surface area contributed by atoms with Gasteiger partial charge in [-0.2, -0.15) is 0 Å². The molecular weight excluding hydrogens is 248 g/mol. The van der Waals surface area contributed by atoms with Crippen LogP contribution in [0.4, 0.5) is 0 Å². The summed E-state index contributed by atoms with van der Waals surface area (Å²) in [4.78, 5) is 8.61. The van der Waals surface area contributed by atoms with Gasteiger partial charge in [0, 0.05) is 16.8 Å². The minimum absolute atomic E-state index is 0.657. The van der Waals surface area contributed by atoms with Gasteiger partial charge in [0.2, 0.25) is 0 Å². The van der Waals surface area contributed by atoms with Gasteiger partial charge < -0.3 is 4.74 Å². The van der Waals surface area contributed by atoms with Crippen molar-refractivity contribution in [2.24, 2.45) is 0 Å². The highest BCUT2D eigenvalue weighted by molar-refractivity contribution is 6.30. The van der Waals surface area contributed by atoms with Crippen molar-refractivity contribution in [2.75, 3.05) is 6.61 Å². The second-order valence-electron chi connectivity index (χ2n) is 4.03. The van der Waals surface area contributed by atoms with Crippen molar-refractivity contribution < 1.29 is 4.74 Å². The van der Waals surface area contributed by atoms with E-state index < -0.39 is 0 Å². The largest absolute Gasteiger partial charge is 0.493 e. The summed E-state index contributed by atoms with van der Waals surface area (Å²) in [6, 6.07) is 5.55. The van der Waals surface area contributed by atoms with Crippen LogP contribution in [-0.4, -0.2) is 16.6 Å². The van der Waals surface area contributed by atoms with E-state index in [2.05, 4.69) is 16.9 Å². The summed E-state index contributed by atoms with van der Waals surface area (Å²) in [5.74, 6) is 0.752. The molecule has 0 aliphatic carbocycles. The molecule has 1 heterocycles. The topological polar surface area (TPSA) is 35.0 Å². The van der Waals surface area contributed by atoms with E-state index in [4.69, 9.17) is 16.3 Å². The molecule has 0 unspecified atom stereocenters. The summed E-state index contributed by atoms with van der Waals surface area (Å²) in [5.41, 5.74) is 2.60. The Kier molecular flexibility index (Phi) is 4.15. The van der Waals surface area contributed by atoms with Crippen molar-refractivity contribution in [3.63, 3.8) is 0 Å². The lowest BCUT2D eigenvalue weighted by Gasteiger charge is -2.10. The molecule has 0 aliphatic rings. The number of ether oxygens (including phenoxy) is 1. The van der Waals surface area contributed by atoms with E-state index in [1.165, 1.54) is 0 Å². The van der Waals surface area contributed by atoms with E-state index in [1.54, 1.807) is 12.4 Å². The van der Waals surface area contributed by atoms with Crippen molar-refractivity contribution in [1.29, 1.82) is 0 Å². The average molecular weight is 263 g/mol. The van der Waals surface area contributed by atoms with Crippen LogP contribution in [0.1, 0.15) is 19.0 Å². The Morgan fingerprint density at radius 2 is 2.06 bits per heavy atom. The van der Waals surface area contributed by atoms with Crippen LogP contribution >= 0.6 is 11.6 Å². The van der Waals surface area contributed by atoms with Gasteiger partial charge in [0.25, 0.3) is 0 Å². The van der Waals surface area contributed by atoms with Gasteiger partial charge in [-0.3, -0.25) is 9.97 Å². The average Bonchev–Trinajstić information content (AvgIpc) is 2.38. The van der Waals surface area contributed by atoms with Gasteiger partial charge >= 0.3 is 0 Å². The number of hydrogen-bond acceptors (Lipinski definition) is 3. The maximum Gasteiger partial charge on any atom is 0.130 e. The third-order valence-corrected chi connectivity index (χ3v) is 2.70. The van der Waals surface area contributed by atoms with Crippen LogP contribution in [0.2, 0.25) is 5.02 Å². The van der Waals surface area contributed by atoms with E-state index in [-0.39, 0.29) is 0 Å². The van der Waals surface area contributed by atoms with Crippen LogP contribution < -0.4 is 4.74 Å². The van der Waals surface area contributed by atoms with Gasteiger partial charge in [-0.15, -0.1) is 0 Å². The molecular formula is C14H15ClN2O. The molecule has 0 bridgehead atoms. The first-order valence-electron chi connectivity index (χ1n) is 5.92. The monoisotopic (exact) mass is 262 g/mol. The van der Waals surface area contributed by atoms with Gasteiger partial charge in [-0.25, -0.2) is 0 Å². The van der Waals surface area contributed by atoms with E-state index in [0.29, 0.717) is 11.6 Å². The fraction of sp³-hybridized carbons (Fsp3) is 0.286. The Bertz CT molecular complexity index is 526. The molecule has 3 nitrogen and oxygen atoms in total. The number of nitrogens with zero attached hydrogens (tertiary/aromatic N) is 2. The molecule has 0 amide bonds. The fourth-order valence-electron chi connectivity index (χ4n) is 1.57. The lowest BCUT2D eigenvalue weighted by molar-refractivity contribution is 0.318. The second kappa shape index (κ2) is 5.83. The number of aryl methyl sites for hydroxylation is 1. The first-order valence-corrected chi connectivity index (χ1v) is 6.30. The van der Waals surface area contributed by atoms with Crippen molar-refractivity contribution in [2.45, 2.75) is 20.3 Å². The maximum atomic E-state index is 5.99. The molecule has 2 aromatic rings. The Morgan fingerprint density at radius 3 is 2.72 bits per heavy atom. The van der Waals surface area contributed by atoms with E-state index in [1.807, 2.05) is 25.1 Å². The van der Waals surface area contributed by atoms with Crippen LogP contribution in [0.15, 0.2) is 30.6 Å². The number of rotatable bonds is 4. The number of benzene rings is 1. The summed E-state index contributed by atoms with van der Waals surface area (Å²) in [6.45, 7) is 4.63. The van der Waals surface area contributed by atoms with E-state index >= 15 is 0 Å². The van der Waals surface area contributed by atoms with Gasteiger partial charge in [-0.1, -0.05) is 18.5 Å². The molecule has 0 radical (unpaired) electrons. The van der Waals surface area contributed by atoms with Gasteiger partial charge in [0.1, 0.15) is 5.75 Å². The lowest BCUT2D eigenvalue weighted by atomic mass is 10.1. The Hall–Kier alpha value is -1.61. The molecule has 4 heteroatoms. The summed E-state index contributed by atoms with van der Waals surface area (Å²) in [7, 11) is 0. The third-order valence-electron chi connectivity index (χ3n) is 2.46. The summed E-state index contributed by atoms with van der Waals surface area (Å²) >= 11 is 5.99. The second-order valence-corrected chi connectivity index (χ2v) is 4.47. The molecule has 0 saturated heterocycles. The fourth-order valence-corrected chi connectivity index (χ4v) is 1.73. The standard InChI is InChI=1S/C14H15ClN2O/c1-3-6-18-14-7-11(15)4-5-12(14)13-9-16-10(2)8-17-13/h4-5,7-9H,3,6H2,1-2H3. The molecule has 0 fully saturated rings. The zero-order valence-corrected chi connectivity index (χ0v) is 11.2. The maximum absolute atomic E-state index is 5.99. The molecule has 0 saturated carbocycles. The molecule has 0 aliphatic heterocycles.